The van der Waals surface area contributed by atoms with E-state index in [2.05, 4.69) is 5.32 Å². The minimum atomic E-state index is -4.63. The first-order valence-corrected chi connectivity index (χ1v) is 10.4. The standard InChI is InChI=1S/C19H17F5N2O4S/c20-9-12-2-1-11(18(28)25-13-3-4-14(21)15(22)8-13)7-16(12)31(29,30)26-6-5-17(27)19(23,24)10-26/h1-4,7-8,17,27H,5-6,9-10H2,(H,25,28). The second-order valence-electron chi connectivity index (χ2n) is 6.94. The number of sulfonamides is 1. The summed E-state index contributed by atoms with van der Waals surface area (Å²) in [5.74, 6) is -6.96. The Labute approximate surface area is 174 Å². The fraction of sp³-hybridized carbons (Fsp3) is 0.316. The van der Waals surface area contributed by atoms with Crippen LogP contribution in [0.15, 0.2) is 41.3 Å². The van der Waals surface area contributed by atoms with Gasteiger partial charge in [-0.3, -0.25) is 4.79 Å². The van der Waals surface area contributed by atoms with E-state index in [4.69, 9.17) is 0 Å². The predicted molar refractivity (Wildman–Crippen MR) is 99.9 cm³/mol. The van der Waals surface area contributed by atoms with Gasteiger partial charge in [-0.1, -0.05) is 6.07 Å². The van der Waals surface area contributed by atoms with Gasteiger partial charge in [-0.15, -0.1) is 0 Å². The van der Waals surface area contributed by atoms with Gasteiger partial charge < -0.3 is 10.4 Å². The molecule has 12 heteroatoms. The lowest BCUT2D eigenvalue weighted by atomic mass is 10.1. The van der Waals surface area contributed by atoms with Crippen molar-refractivity contribution in [2.45, 2.75) is 30.0 Å². The number of benzene rings is 2. The van der Waals surface area contributed by atoms with Crippen LogP contribution in [-0.2, 0) is 16.7 Å². The number of hydrogen-bond acceptors (Lipinski definition) is 4. The maximum absolute atomic E-state index is 13.8. The zero-order valence-electron chi connectivity index (χ0n) is 15.8. The molecule has 6 nitrogen and oxygen atoms in total. The molecule has 1 fully saturated rings. The van der Waals surface area contributed by atoms with Crippen molar-refractivity contribution in [2.75, 3.05) is 18.4 Å². The summed E-state index contributed by atoms with van der Waals surface area (Å²) in [5, 5.41) is 11.6. The highest BCUT2D eigenvalue weighted by Gasteiger charge is 2.47. The summed E-state index contributed by atoms with van der Waals surface area (Å²) in [7, 11) is -4.63. The monoisotopic (exact) mass is 464 g/mol. The Balaban J connectivity index is 1.93. The first-order valence-electron chi connectivity index (χ1n) is 8.97. The summed E-state index contributed by atoms with van der Waals surface area (Å²) in [6.07, 6.45) is -2.53. The molecule has 168 valence electrons. The summed E-state index contributed by atoms with van der Waals surface area (Å²) in [5.41, 5.74) is -0.740. The SMILES string of the molecule is O=C(Nc1ccc(F)c(F)c1)c1ccc(CF)c(S(=O)(=O)N2CCC(O)C(F)(F)C2)c1. The molecule has 0 bridgehead atoms. The topological polar surface area (TPSA) is 86.7 Å². The van der Waals surface area contributed by atoms with Gasteiger partial charge in [0.15, 0.2) is 11.6 Å². The van der Waals surface area contributed by atoms with E-state index in [-0.39, 0.29) is 16.8 Å². The van der Waals surface area contributed by atoms with Crippen molar-refractivity contribution in [1.29, 1.82) is 0 Å². The Morgan fingerprint density at radius 3 is 2.48 bits per heavy atom. The molecule has 0 radical (unpaired) electrons. The number of halogens is 5. The maximum Gasteiger partial charge on any atom is 0.286 e. The molecule has 2 aromatic carbocycles. The van der Waals surface area contributed by atoms with Gasteiger partial charge in [0.25, 0.3) is 11.8 Å². The molecule has 2 N–H and O–H groups in total. The van der Waals surface area contributed by atoms with Crippen LogP contribution in [0.1, 0.15) is 22.3 Å². The van der Waals surface area contributed by atoms with Crippen LogP contribution >= 0.6 is 0 Å². The van der Waals surface area contributed by atoms with Gasteiger partial charge in [-0.25, -0.2) is 30.4 Å². The summed E-state index contributed by atoms with van der Waals surface area (Å²) in [6, 6.07) is 5.51. The summed E-state index contributed by atoms with van der Waals surface area (Å²) in [6.45, 7) is -2.96. The Hall–Kier alpha value is -2.57. The van der Waals surface area contributed by atoms with Crippen molar-refractivity contribution in [1.82, 2.24) is 4.31 Å². The summed E-state index contributed by atoms with van der Waals surface area (Å²) >= 11 is 0. The van der Waals surface area contributed by atoms with Crippen LogP contribution in [0.4, 0.5) is 27.6 Å². The third-order valence-corrected chi connectivity index (χ3v) is 6.72. The van der Waals surface area contributed by atoms with E-state index >= 15 is 0 Å². The van der Waals surface area contributed by atoms with Crippen LogP contribution in [0, 0.1) is 11.6 Å². The molecule has 0 saturated carbocycles. The van der Waals surface area contributed by atoms with Crippen LogP contribution < -0.4 is 5.32 Å². The lowest BCUT2D eigenvalue weighted by Gasteiger charge is -2.35. The lowest BCUT2D eigenvalue weighted by molar-refractivity contribution is -0.136. The molecule has 1 aliphatic heterocycles. The van der Waals surface area contributed by atoms with E-state index in [0.717, 1.165) is 30.3 Å². The van der Waals surface area contributed by atoms with Crippen molar-refractivity contribution in [3.05, 3.63) is 59.2 Å². The molecule has 1 amide bonds. The number of carbonyl (C=O) groups excluding carboxylic acids is 1. The lowest BCUT2D eigenvalue weighted by Crippen LogP contribution is -2.53. The molecule has 0 aromatic heterocycles. The van der Waals surface area contributed by atoms with Gasteiger partial charge in [0.1, 0.15) is 12.8 Å². The zero-order chi connectivity index (χ0) is 23.0. The Bertz CT molecular complexity index is 1110. The number of aliphatic hydroxyl groups excluding tert-OH is 1. The number of piperidine rings is 1. The molecular weight excluding hydrogens is 447 g/mol. The van der Waals surface area contributed by atoms with E-state index in [1.54, 1.807) is 0 Å². The number of hydrogen-bond donors (Lipinski definition) is 2. The number of nitrogens with zero attached hydrogens (tertiary/aromatic N) is 1. The average molecular weight is 464 g/mol. The van der Waals surface area contributed by atoms with E-state index < -0.39 is 70.7 Å². The quantitative estimate of drug-likeness (QED) is 0.666. The van der Waals surface area contributed by atoms with Gasteiger partial charge >= 0.3 is 0 Å². The van der Waals surface area contributed by atoms with Gasteiger partial charge in [0.05, 0.1) is 11.4 Å². The fourth-order valence-corrected chi connectivity index (χ4v) is 4.76. The van der Waals surface area contributed by atoms with Gasteiger partial charge in [0.2, 0.25) is 10.0 Å². The predicted octanol–water partition coefficient (Wildman–Crippen LogP) is 3.08. The van der Waals surface area contributed by atoms with E-state index in [1.807, 2.05) is 0 Å². The number of aliphatic hydroxyl groups is 1. The third-order valence-electron chi connectivity index (χ3n) is 4.80. The normalized spacial score (nSPS) is 19.2. The summed E-state index contributed by atoms with van der Waals surface area (Å²) in [4.78, 5) is 11.7. The van der Waals surface area contributed by atoms with E-state index in [9.17, 15) is 40.3 Å². The first kappa shape index (κ1) is 23.1. The van der Waals surface area contributed by atoms with Crippen LogP contribution in [0.5, 0.6) is 0 Å². The van der Waals surface area contributed by atoms with Crippen molar-refractivity contribution < 1.29 is 40.3 Å². The summed E-state index contributed by atoms with van der Waals surface area (Å²) < 4.78 is 93.6. The van der Waals surface area contributed by atoms with Crippen molar-refractivity contribution in [2.24, 2.45) is 0 Å². The first-order chi connectivity index (χ1) is 14.5. The molecule has 1 heterocycles. The van der Waals surface area contributed by atoms with Crippen molar-refractivity contribution in [3.8, 4) is 0 Å². The number of rotatable bonds is 5. The Morgan fingerprint density at radius 2 is 1.87 bits per heavy atom. The molecular formula is C19H17F5N2O4S. The highest BCUT2D eigenvalue weighted by Crippen LogP contribution is 2.32. The zero-order valence-corrected chi connectivity index (χ0v) is 16.6. The number of amides is 1. The third kappa shape index (κ3) is 4.70. The second kappa shape index (κ2) is 8.52. The minimum Gasteiger partial charge on any atom is -0.387 e. The number of nitrogens with one attached hydrogen (secondary N) is 1. The average Bonchev–Trinajstić information content (AvgIpc) is 2.72. The second-order valence-corrected chi connectivity index (χ2v) is 8.85. The number of carbonyl (C=O) groups is 1. The van der Waals surface area contributed by atoms with Gasteiger partial charge in [0, 0.05) is 29.4 Å². The molecule has 0 spiro atoms. The molecule has 2 aromatic rings. The van der Waals surface area contributed by atoms with Crippen LogP contribution in [-0.4, -0.2) is 48.9 Å². The Kier molecular flexibility index (Phi) is 6.35. The minimum absolute atomic E-state index is 0.118. The van der Waals surface area contributed by atoms with Crippen LogP contribution in [0.3, 0.4) is 0 Å². The highest BCUT2D eigenvalue weighted by molar-refractivity contribution is 7.89. The Morgan fingerprint density at radius 1 is 1.16 bits per heavy atom. The van der Waals surface area contributed by atoms with Gasteiger partial charge in [-0.05, 0) is 30.7 Å². The molecule has 0 aliphatic carbocycles. The number of anilines is 1. The molecule has 31 heavy (non-hydrogen) atoms. The molecule has 1 aliphatic rings. The van der Waals surface area contributed by atoms with Crippen LogP contribution in [0.2, 0.25) is 0 Å². The number of alkyl halides is 3. The largest absolute Gasteiger partial charge is 0.387 e. The van der Waals surface area contributed by atoms with Crippen molar-refractivity contribution in [3.63, 3.8) is 0 Å². The fourth-order valence-electron chi connectivity index (χ4n) is 3.06. The molecule has 1 saturated heterocycles. The van der Waals surface area contributed by atoms with Gasteiger partial charge in [-0.2, -0.15) is 4.31 Å². The molecule has 1 atom stereocenters. The van der Waals surface area contributed by atoms with E-state index in [0.29, 0.717) is 10.4 Å². The van der Waals surface area contributed by atoms with Crippen molar-refractivity contribution >= 4 is 21.6 Å². The molecule has 3 rings (SSSR count). The highest BCUT2D eigenvalue weighted by atomic mass is 32.2. The van der Waals surface area contributed by atoms with E-state index in [1.165, 1.54) is 0 Å². The molecule has 1 unspecified atom stereocenters. The maximum atomic E-state index is 13.8. The van der Waals surface area contributed by atoms with Crippen LogP contribution in [0.25, 0.3) is 0 Å². The smallest absolute Gasteiger partial charge is 0.286 e.